The fraction of sp³-hybridized carbons (Fsp3) is 0.160. The molecule has 0 atom stereocenters. The van der Waals surface area contributed by atoms with Crippen molar-refractivity contribution in [3.8, 4) is 44.5 Å². The fourth-order valence-corrected chi connectivity index (χ4v) is 6.88. The predicted octanol–water partition coefficient (Wildman–Crippen LogP) is 14.5. The molecule has 7 rings (SSSR count). The maximum atomic E-state index is 2.40. The number of hydrogen-bond acceptors (Lipinski definition) is 1. The minimum absolute atomic E-state index is 1.12. The van der Waals surface area contributed by atoms with E-state index < -0.39 is 0 Å². The Balaban J connectivity index is 1.35. The Bertz CT molecular complexity index is 1960. The molecule has 0 N–H and O–H groups in total. The minimum atomic E-state index is 1.12. The largest absolute Gasteiger partial charge is 0.310 e. The van der Waals surface area contributed by atoms with Gasteiger partial charge in [0, 0.05) is 17.1 Å². The van der Waals surface area contributed by atoms with Crippen molar-refractivity contribution in [1.82, 2.24) is 0 Å². The summed E-state index contributed by atoms with van der Waals surface area (Å²) in [5.41, 5.74) is 15.9. The van der Waals surface area contributed by atoms with Crippen LogP contribution in [0.15, 0.2) is 176 Å². The number of nitrogens with zero attached hydrogens (tertiary/aromatic N) is 1. The summed E-state index contributed by atoms with van der Waals surface area (Å²) in [4.78, 5) is 2.40. The molecule has 51 heavy (non-hydrogen) atoms. The van der Waals surface area contributed by atoms with Gasteiger partial charge in [-0.15, -0.1) is 0 Å². The van der Waals surface area contributed by atoms with Gasteiger partial charge in [-0.25, -0.2) is 0 Å². The third kappa shape index (κ3) is 8.22. The Morgan fingerprint density at radius 3 is 1.02 bits per heavy atom. The van der Waals surface area contributed by atoms with Crippen molar-refractivity contribution in [2.75, 3.05) is 4.90 Å². The first kappa shape index (κ1) is 33.8. The van der Waals surface area contributed by atoms with Crippen molar-refractivity contribution in [1.29, 1.82) is 0 Å². The maximum absolute atomic E-state index is 2.40. The van der Waals surface area contributed by atoms with Crippen LogP contribution in [0.3, 0.4) is 0 Å². The van der Waals surface area contributed by atoms with Crippen LogP contribution in [0, 0.1) is 0 Å². The molecule has 7 aromatic carbocycles. The second-order valence-electron chi connectivity index (χ2n) is 13.5. The summed E-state index contributed by atoms with van der Waals surface area (Å²) >= 11 is 0. The van der Waals surface area contributed by atoms with Crippen LogP contribution in [0.4, 0.5) is 17.1 Å². The van der Waals surface area contributed by atoms with E-state index >= 15 is 0 Å². The average molecular weight is 662 g/mol. The van der Waals surface area contributed by atoms with Gasteiger partial charge in [-0.1, -0.05) is 160 Å². The molecule has 0 aliphatic carbocycles. The lowest BCUT2D eigenvalue weighted by molar-refractivity contribution is 0.795. The van der Waals surface area contributed by atoms with E-state index in [-0.39, 0.29) is 0 Å². The van der Waals surface area contributed by atoms with Gasteiger partial charge in [0.2, 0.25) is 0 Å². The van der Waals surface area contributed by atoms with E-state index in [9.17, 15) is 0 Å². The van der Waals surface area contributed by atoms with Crippen LogP contribution in [-0.2, 0) is 12.8 Å². The van der Waals surface area contributed by atoms with Crippen LogP contribution in [0.25, 0.3) is 44.5 Å². The third-order valence-electron chi connectivity index (χ3n) is 9.85. The van der Waals surface area contributed by atoms with Crippen molar-refractivity contribution in [2.24, 2.45) is 0 Å². The van der Waals surface area contributed by atoms with Gasteiger partial charge >= 0.3 is 0 Å². The first-order chi connectivity index (χ1) is 25.2. The molecule has 0 spiro atoms. The molecule has 252 valence electrons. The van der Waals surface area contributed by atoms with E-state index in [1.54, 1.807) is 0 Å². The third-order valence-corrected chi connectivity index (χ3v) is 9.85. The maximum Gasteiger partial charge on any atom is 0.0473 e. The molecule has 0 aliphatic heterocycles. The fourth-order valence-electron chi connectivity index (χ4n) is 6.88. The van der Waals surface area contributed by atoms with Crippen LogP contribution in [0.1, 0.15) is 50.7 Å². The molecular weight excluding hydrogens is 615 g/mol. The summed E-state index contributed by atoms with van der Waals surface area (Å²) in [5, 5.41) is 0. The quantitative estimate of drug-likeness (QED) is 0.119. The van der Waals surface area contributed by atoms with Crippen molar-refractivity contribution in [3.05, 3.63) is 187 Å². The Hall–Kier alpha value is -5.66. The SMILES string of the molecule is CCCCc1ccc(-c2cc(-c3ccc(CCCC)cc3)cc(N(c3ccc(-c4ccccc4)cc3)c3ccc(-c4ccccc4)cc3)c2)cc1. The van der Waals surface area contributed by atoms with Gasteiger partial charge in [0.1, 0.15) is 0 Å². The standard InChI is InChI=1S/C50H47N/c1-3-5-13-38-19-23-44(24-20-38)46-35-47(45-25-21-39(22-26-45)14-6-4-2)37-50(36-46)51(48-31-27-42(28-32-48)40-15-9-7-10-16-40)49-33-29-43(30-34-49)41-17-11-8-12-18-41/h7-12,15-37H,3-6,13-14H2,1-2H3. The number of benzene rings is 7. The molecule has 0 fully saturated rings. The highest BCUT2D eigenvalue weighted by Crippen LogP contribution is 2.41. The normalized spacial score (nSPS) is 11.0. The molecular formula is C50H47N. The second kappa shape index (κ2) is 16.4. The van der Waals surface area contributed by atoms with Gasteiger partial charge in [0.05, 0.1) is 0 Å². The molecule has 0 radical (unpaired) electrons. The Morgan fingerprint density at radius 2 is 0.647 bits per heavy atom. The molecule has 0 aliphatic rings. The van der Waals surface area contributed by atoms with E-state index in [0.717, 1.165) is 29.9 Å². The molecule has 0 bridgehead atoms. The molecule has 0 saturated carbocycles. The zero-order chi connectivity index (χ0) is 34.8. The molecule has 0 unspecified atom stereocenters. The highest BCUT2D eigenvalue weighted by molar-refractivity contribution is 5.86. The number of aryl methyl sites for hydroxylation is 2. The summed E-state index contributed by atoms with van der Waals surface area (Å²) < 4.78 is 0. The van der Waals surface area contributed by atoms with Gasteiger partial charge in [0.15, 0.2) is 0 Å². The van der Waals surface area contributed by atoms with Gasteiger partial charge in [-0.05, 0) is 124 Å². The Labute approximate surface area is 304 Å². The Kier molecular flexibility index (Phi) is 10.9. The zero-order valence-corrected chi connectivity index (χ0v) is 29.9. The number of hydrogen-bond donors (Lipinski definition) is 0. The lowest BCUT2D eigenvalue weighted by atomic mass is 9.95. The van der Waals surface area contributed by atoms with Crippen molar-refractivity contribution in [2.45, 2.75) is 52.4 Å². The van der Waals surface area contributed by atoms with Gasteiger partial charge in [0.25, 0.3) is 0 Å². The van der Waals surface area contributed by atoms with Crippen LogP contribution in [-0.4, -0.2) is 0 Å². The molecule has 1 nitrogen and oxygen atoms in total. The van der Waals surface area contributed by atoms with E-state index in [1.807, 2.05) is 0 Å². The average Bonchev–Trinajstić information content (AvgIpc) is 3.21. The molecule has 0 aromatic heterocycles. The monoisotopic (exact) mass is 661 g/mol. The molecule has 0 heterocycles. The predicted molar refractivity (Wildman–Crippen MR) is 220 cm³/mol. The van der Waals surface area contributed by atoms with E-state index in [4.69, 9.17) is 0 Å². The first-order valence-corrected chi connectivity index (χ1v) is 18.6. The van der Waals surface area contributed by atoms with E-state index in [1.165, 1.54) is 81.3 Å². The summed E-state index contributed by atoms with van der Waals surface area (Å²) in [6.45, 7) is 4.52. The van der Waals surface area contributed by atoms with Gasteiger partial charge in [-0.3, -0.25) is 0 Å². The van der Waals surface area contributed by atoms with E-state index in [2.05, 4.69) is 195 Å². The lowest BCUT2D eigenvalue weighted by Crippen LogP contribution is -2.10. The van der Waals surface area contributed by atoms with Crippen molar-refractivity contribution in [3.63, 3.8) is 0 Å². The molecule has 7 aromatic rings. The summed E-state index contributed by atoms with van der Waals surface area (Å²) in [5.74, 6) is 0. The Morgan fingerprint density at radius 1 is 0.314 bits per heavy atom. The summed E-state index contributed by atoms with van der Waals surface area (Å²) in [6.07, 6.45) is 7.09. The van der Waals surface area contributed by atoms with Crippen LogP contribution >= 0.6 is 0 Å². The lowest BCUT2D eigenvalue weighted by Gasteiger charge is -2.27. The van der Waals surface area contributed by atoms with Gasteiger partial charge < -0.3 is 4.90 Å². The summed E-state index contributed by atoms with van der Waals surface area (Å²) in [6, 6.07) is 64.7. The molecule has 0 amide bonds. The van der Waals surface area contributed by atoms with Crippen LogP contribution in [0.5, 0.6) is 0 Å². The first-order valence-electron chi connectivity index (χ1n) is 18.6. The number of rotatable bonds is 13. The topological polar surface area (TPSA) is 3.24 Å². The molecule has 1 heteroatoms. The van der Waals surface area contributed by atoms with Crippen LogP contribution in [0.2, 0.25) is 0 Å². The van der Waals surface area contributed by atoms with Crippen molar-refractivity contribution < 1.29 is 0 Å². The number of anilines is 3. The number of unbranched alkanes of at least 4 members (excludes halogenated alkanes) is 2. The molecule has 0 saturated heterocycles. The van der Waals surface area contributed by atoms with Gasteiger partial charge in [-0.2, -0.15) is 0 Å². The zero-order valence-electron chi connectivity index (χ0n) is 29.9. The summed E-state index contributed by atoms with van der Waals surface area (Å²) in [7, 11) is 0. The smallest absolute Gasteiger partial charge is 0.0473 e. The van der Waals surface area contributed by atoms with Crippen LogP contribution < -0.4 is 4.90 Å². The second-order valence-corrected chi connectivity index (χ2v) is 13.5. The van der Waals surface area contributed by atoms with E-state index in [0.29, 0.717) is 0 Å². The highest BCUT2D eigenvalue weighted by Gasteiger charge is 2.17. The van der Waals surface area contributed by atoms with Crippen molar-refractivity contribution >= 4 is 17.1 Å². The highest BCUT2D eigenvalue weighted by atomic mass is 15.1. The minimum Gasteiger partial charge on any atom is -0.310 e.